The van der Waals surface area contributed by atoms with E-state index in [1.54, 1.807) is 19.1 Å². The Morgan fingerprint density at radius 2 is 1.83 bits per heavy atom. The maximum absolute atomic E-state index is 12.6. The van der Waals surface area contributed by atoms with E-state index < -0.39 is 10.5 Å². The highest BCUT2D eigenvalue weighted by atomic mass is 35.5. The van der Waals surface area contributed by atoms with Crippen LogP contribution in [0, 0.1) is 6.92 Å². The summed E-state index contributed by atoms with van der Waals surface area (Å²) in [5.74, 6) is -0.285. The van der Waals surface area contributed by atoms with Gasteiger partial charge >= 0.3 is 0 Å². The van der Waals surface area contributed by atoms with Gasteiger partial charge in [0.05, 0.1) is 5.52 Å². The van der Waals surface area contributed by atoms with Crippen LogP contribution in [0.4, 0.5) is 0 Å². The SMILES string of the molecule is Cc1ccc(C(=O)NC(n2nnc3ccccc32)C(C)(Cl)Cl)cc1. The van der Waals surface area contributed by atoms with E-state index in [0.717, 1.165) is 11.1 Å². The fourth-order valence-corrected chi connectivity index (χ4v) is 2.69. The van der Waals surface area contributed by atoms with E-state index in [1.807, 2.05) is 43.3 Å². The summed E-state index contributed by atoms with van der Waals surface area (Å²) < 4.78 is 0.248. The zero-order valence-electron chi connectivity index (χ0n) is 13.2. The van der Waals surface area contributed by atoms with Gasteiger partial charge in [-0.1, -0.05) is 58.2 Å². The molecule has 3 aromatic rings. The van der Waals surface area contributed by atoms with Crippen LogP contribution in [0.25, 0.3) is 11.0 Å². The summed E-state index contributed by atoms with van der Waals surface area (Å²) in [7, 11) is 0. The van der Waals surface area contributed by atoms with Crippen LogP contribution in [0.15, 0.2) is 48.5 Å². The van der Waals surface area contributed by atoms with Crippen molar-refractivity contribution in [3.63, 3.8) is 0 Å². The first kappa shape index (κ1) is 16.7. The second kappa shape index (κ2) is 6.42. The highest BCUT2D eigenvalue weighted by molar-refractivity contribution is 6.48. The lowest BCUT2D eigenvalue weighted by Gasteiger charge is -2.27. The molecular weight excluding hydrogens is 347 g/mol. The van der Waals surface area contributed by atoms with Gasteiger partial charge in [0.15, 0.2) is 10.5 Å². The van der Waals surface area contributed by atoms with E-state index in [0.29, 0.717) is 11.1 Å². The molecule has 0 aliphatic carbocycles. The van der Waals surface area contributed by atoms with Crippen LogP contribution in [0.1, 0.15) is 29.0 Å². The van der Waals surface area contributed by atoms with Crippen LogP contribution in [0.3, 0.4) is 0 Å². The first-order valence-corrected chi connectivity index (χ1v) is 8.17. The minimum Gasteiger partial charge on any atom is -0.328 e. The van der Waals surface area contributed by atoms with Gasteiger partial charge in [0.25, 0.3) is 5.91 Å². The fourth-order valence-electron chi connectivity index (χ4n) is 2.39. The topological polar surface area (TPSA) is 59.8 Å². The second-order valence-corrected chi connectivity index (χ2v) is 7.48. The molecule has 2 aromatic carbocycles. The van der Waals surface area contributed by atoms with Gasteiger partial charge < -0.3 is 5.32 Å². The molecule has 1 atom stereocenters. The van der Waals surface area contributed by atoms with Crippen molar-refractivity contribution < 1.29 is 4.79 Å². The lowest BCUT2D eigenvalue weighted by atomic mass is 10.1. The van der Waals surface area contributed by atoms with Crippen LogP contribution in [0.2, 0.25) is 0 Å². The molecule has 3 rings (SSSR count). The van der Waals surface area contributed by atoms with Gasteiger partial charge in [0.1, 0.15) is 5.52 Å². The number of fused-ring (bicyclic) bond motifs is 1. The molecule has 1 N–H and O–H groups in total. The number of alkyl halides is 2. The average Bonchev–Trinajstić information content (AvgIpc) is 2.95. The molecule has 0 fully saturated rings. The number of carbonyl (C=O) groups excluding carboxylic acids is 1. The summed E-state index contributed by atoms with van der Waals surface area (Å²) in [4.78, 5) is 12.6. The minimum atomic E-state index is -1.28. The number of hydrogen-bond donors (Lipinski definition) is 1. The molecular formula is C17H16Cl2N4O. The van der Waals surface area contributed by atoms with E-state index >= 15 is 0 Å². The Labute approximate surface area is 149 Å². The van der Waals surface area contributed by atoms with Crippen molar-refractivity contribution in [3.8, 4) is 0 Å². The van der Waals surface area contributed by atoms with Crippen LogP contribution in [-0.2, 0) is 0 Å². The Balaban J connectivity index is 1.96. The van der Waals surface area contributed by atoms with E-state index in [9.17, 15) is 4.79 Å². The largest absolute Gasteiger partial charge is 0.328 e. The lowest BCUT2D eigenvalue weighted by molar-refractivity contribution is 0.0911. The molecule has 0 saturated carbocycles. The number of para-hydroxylation sites is 1. The van der Waals surface area contributed by atoms with Gasteiger partial charge in [-0.05, 0) is 38.1 Å². The summed E-state index contributed by atoms with van der Waals surface area (Å²) in [6, 6.07) is 14.6. The van der Waals surface area contributed by atoms with Crippen LogP contribution in [-0.4, -0.2) is 25.2 Å². The monoisotopic (exact) mass is 362 g/mol. The van der Waals surface area contributed by atoms with Gasteiger partial charge in [-0.3, -0.25) is 4.79 Å². The normalized spacial score (nSPS) is 13.0. The Kier molecular flexibility index (Phi) is 4.47. The third kappa shape index (κ3) is 3.37. The molecule has 124 valence electrons. The van der Waals surface area contributed by atoms with E-state index in [-0.39, 0.29) is 5.91 Å². The number of nitrogens with one attached hydrogen (secondary N) is 1. The minimum absolute atomic E-state index is 0.285. The Morgan fingerprint density at radius 1 is 1.17 bits per heavy atom. The van der Waals surface area contributed by atoms with Crippen molar-refractivity contribution in [2.24, 2.45) is 0 Å². The maximum Gasteiger partial charge on any atom is 0.253 e. The van der Waals surface area contributed by atoms with Gasteiger partial charge in [-0.2, -0.15) is 0 Å². The van der Waals surface area contributed by atoms with Crippen molar-refractivity contribution in [1.29, 1.82) is 0 Å². The number of nitrogens with zero attached hydrogens (tertiary/aromatic N) is 3. The third-order valence-electron chi connectivity index (χ3n) is 3.68. The lowest BCUT2D eigenvalue weighted by Crippen LogP contribution is -2.42. The Hall–Kier alpha value is -2.11. The van der Waals surface area contributed by atoms with Crippen molar-refractivity contribution >= 4 is 40.1 Å². The highest BCUT2D eigenvalue weighted by Crippen LogP contribution is 2.33. The highest BCUT2D eigenvalue weighted by Gasteiger charge is 2.35. The van der Waals surface area contributed by atoms with Gasteiger partial charge in [-0.25, -0.2) is 4.68 Å². The molecule has 5 nitrogen and oxygen atoms in total. The third-order valence-corrected chi connectivity index (χ3v) is 4.10. The molecule has 0 aliphatic heterocycles. The molecule has 0 spiro atoms. The molecule has 0 aliphatic rings. The molecule has 7 heteroatoms. The van der Waals surface area contributed by atoms with E-state index in [2.05, 4.69) is 15.6 Å². The summed E-state index contributed by atoms with van der Waals surface area (Å²) in [6.45, 7) is 3.56. The average molecular weight is 363 g/mol. The molecule has 1 amide bonds. The summed E-state index contributed by atoms with van der Waals surface area (Å²) in [6.07, 6.45) is -0.776. The first-order chi connectivity index (χ1) is 11.4. The van der Waals surface area contributed by atoms with Crippen molar-refractivity contribution in [2.75, 3.05) is 0 Å². The molecule has 1 unspecified atom stereocenters. The zero-order chi connectivity index (χ0) is 17.3. The number of rotatable bonds is 4. The van der Waals surface area contributed by atoms with Crippen LogP contribution in [0.5, 0.6) is 0 Å². The molecule has 0 bridgehead atoms. The van der Waals surface area contributed by atoms with Gasteiger partial charge in [0.2, 0.25) is 0 Å². The Bertz CT molecular complexity index is 868. The fraction of sp³-hybridized carbons (Fsp3) is 0.235. The van der Waals surface area contributed by atoms with E-state index in [4.69, 9.17) is 23.2 Å². The predicted octanol–water partition coefficient (Wildman–Crippen LogP) is 3.86. The number of aryl methyl sites for hydroxylation is 1. The number of carbonyl (C=O) groups is 1. The quantitative estimate of drug-likeness (QED) is 0.716. The Morgan fingerprint density at radius 3 is 2.50 bits per heavy atom. The molecule has 0 radical (unpaired) electrons. The number of amides is 1. The summed E-state index contributed by atoms with van der Waals surface area (Å²) >= 11 is 12.6. The second-order valence-electron chi connectivity index (χ2n) is 5.72. The van der Waals surface area contributed by atoms with Gasteiger partial charge in [0, 0.05) is 5.56 Å². The van der Waals surface area contributed by atoms with Crippen molar-refractivity contribution in [2.45, 2.75) is 24.3 Å². The first-order valence-electron chi connectivity index (χ1n) is 7.41. The summed E-state index contributed by atoms with van der Waals surface area (Å²) in [5, 5.41) is 11.0. The van der Waals surface area contributed by atoms with Crippen molar-refractivity contribution in [3.05, 3.63) is 59.7 Å². The zero-order valence-corrected chi connectivity index (χ0v) is 14.7. The van der Waals surface area contributed by atoms with Crippen molar-refractivity contribution in [1.82, 2.24) is 20.3 Å². The van der Waals surface area contributed by atoms with Crippen LogP contribution < -0.4 is 5.32 Å². The standard InChI is InChI=1S/C17H16Cl2N4O/c1-11-7-9-12(10-8-11)15(24)20-16(17(2,18)19)23-14-6-4-3-5-13(14)21-22-23/h3-10,16H,1-2H3,(H,20,24). The summed E-state index contributed by atoms with van der Waals surface area (Å²) in [5.41, 5.74) is 3.03. The smallest absolute Gasteiger partial charge is 0.253 e. The molecule has 0 saturated heterocycles. The molecule has 1 aromatic heterocycles. The van der Waals surface area contributed by atoms with E-state index in [1.165, 1.54) is 4.68 Å². The number of aromatic nitrogens is 3. The predicted molar refractivity (Wildman–Crippen MR) is 95.3 cm³/mol. The molecule has 1 heterocycles. The molecule has 24 heavy (non-hydrogen) atoms. The number of benzene rings is 2. The number of hydrogen-bond acceptors (Lipinski definition) is 3. The van der Waals surface area contributed by atoms with Gasteiger partial charge in [-0.15, -0.1) is 5.10 Å². The maximum atomic E-state index is 12.6. The van der Waals surface area contributed by atoms with Crippen LogP contribution >= 0.6 is 23.2 Å². The number of halogens is 2.